The zero-order chi connectivity index (χ0) is 24.9. The first kappa shape index (κ1) is 24.1. The lowest BCUT2D eigenvalue weighted by atomic mass is 9.86. The summed E-state index contributed by atoms with van der Waals surface area (Å²) in [6.45, 7) is 1.49. The molecular formula is C27H25F2N3O3. The summed E-state index contributed by atoms with van der Waals surface area (Å²) in [7, 11) is 0. The first-order valence-corrected chi connectivity index (χ1v) is 11.3. The molecule has 0 saturated carbocycles. The second-order valence-electron chi connectivity index (χ2n) is 8.60. The van der Waals surface area contributed by atoms with Crippen LogP contribution in [-0.4, -0.2) is 29.8 Å². The highest BCUT2D eigenvalue weighted by Gasteiger charge is 2.35. The number of hydrogen-bond acceptors (Lipinski definition) is 3. The van der Waals surface area contributed by atoms with Crippen LogP contribution in [-0.2, 0) is 27.2 Å². The first-order valence-electron chi connectivity index (χ1n) is 11.3. The molecule has 35 heavy (non-hydrogen) atoms. The fraction of sp³-hybridized carbons (Fsp3) is 0.222. The normalized spacial score (nSPS) is 18.0. The second kappa shape index (κ2) is 10.5. The summed E-state index contributed by atoms with van der Waals surface area (Å²) in [4.78, 5) is 38.5. The highest BCUT2D eigenvalue weighted by Crippen LogP contribution is 2.31. The Kier molecular flexibility index (Phi) is 7.19. The van der Waals surface area contributed by atoms with Crippen molar-refractivity contribution in [2.45, 2.75) is 37.8 Å². The van der Waals surface area contributed by atoms with Gasteiger partial charge in [0.1, 0.15) is 23.7 Å². The van der Waals surface area contributed by atoms with Crippen molar-refractivity contribution < 1.29 is 23.2 Å². The molecule has 3 aromatic rings. The number of fused-ring (bicyclic) bond motifs is 1. The van der Waals surface area contributed by atoms with Crippen LogP contribution in [0.3, 0.4) is 0 Å². The van der Waals surface area contributed by atoms with Crippen LogP contribution in [0.25, 0.3) is 0 Å². The lowest BCUT2D eigenvalue weighted by molar-refractivity contribution is -0.130. The summed E-state index contributed by atoms with van der Waals surface area (Å²) in [6, 6.07) is 17.9. The Morgan fingerprint density at radius 3 is 2.37 bits per heavy atom. The molecule has 0 radical (unpaired) electrons. The van der Waals surface area contributed by atoms with E-state index < -0.39 is 35.5 Å². The van der Waals surface area contributed by atoms with Crippen LogP contribution in [0.5, 0.6) is 0 Å². The lowest BCUT2D eigenvalue weighted by Crippen LogP contribution is -2.53. The van der Waals surface area contributed by atoms with Crippen LogP contribution < -0.4 is 16.0 Å². The summed E-state index contributed by atoms with van der Waals surface area (Å²) in [5, 5.41) is 8.21. The third-order valence-corrected chi connectivity index (χ3v) is 5.98. The van der Waals surface area contributed by atoms with Gasteiger partial charge < -0.3 is 16.0 Å². The van der Waals surface area contributed by atoms with E-state index in [4.69, 9.17) is 0 Å². The van der Waals surface area contributed by atoms with E-state index in [9.17, 15) is 23.2 Å². The molecule has 0 bridgehead atoms. The van der Waals surface area contributed by atoms with Crippen molar-refractivity contribution in [1.82, 2.24) is 10.6 Å². The van der Waals surface area contributed by atoms with Gasteiger partial charge in [-0.25, -0.2) is 8.78 Å². The molecule has 1 aliphatic rings. The van der Waals surface area contributed by atoms with Crippen molar-refractivity contribution in [1.29, 1.82) is 0 Å². The zero-order valence-corrected chi connectivity index (χ0v) is 19.1. The maximum Gasteiger partial charge on any atom is 0.247 e. The molecule has 8 heteroatoms. The molecule has 180 valence electrons. The Hall–Kier alpha value is -4.07. The van der Waals surface area contributed by atoms with Gasteiger partial charge in [-0.1, -0.05) is 48.5 Å². The van der Waals surface area contributed by atoms with E-state index in [1.165, 1.54) is 6.92 Å². The van der Waals surface area contributed by atoms with E-state index in [2.05, 4.69) is 16.0 Å². The molecule has 6 nitrogen and oxygen atoms in total. The fourth-order valence-electron chi connectivity index (χ4n) is 4.28. The van der Waals surface area contributed by atoms with E-state index in [1.807, 2.05) is 54.6 Å². The highest BCUT2D eigenvalue weighted by atomic mass is 19.1. The van der Waals surface area contributed by atoms with Gasteiger partial charge in [-0.05, 0) is 48.2 Å². The minimum atomic E-state index is -0.976. The highest BCUT2D eigenvalue weighted by molar-refractivity contribution is 6.00. The molecule has 0 spiro atoms. The Labute approximate surface area is 201 Å². The van der Waals surface area contributed by atoms with Crippen molar-refractivity contribution in [2.24, 2.45) is 0 Å². The largest absolute Gasteiger partial charge is 0.344 e. The number of carbonyl (C=O) groups is 3. The summed E-state index contributed by atoms with van der Waals surface area (Å²) in [5.74, 6) is -3.38. The van der Waals surface area contributed by atoms with Gasteiger partial charge in [0.2, 0.25) is 17.7 Å². The predicted molar refractivity (Wildman–Crippen MR) is 128 cm³/mol. The number of halogens is 2. The van der Waals surface area contributed by atoms with Crippen LogP contribution in [0.1, 0.15) is 29.5 Å². The number of rotatable bonds is 6. The van der Waals surface area contributed by atoms with Crippen molar-refractivity contribution in [3.63, 3.8) is 0 Å². The molecular weight excluding hydrogens is 452 g/mol. The molecule has 1 heterocycles. The molecule has 0 aliphatic carbocycles. The van der Waals surface area contributed by atoms with E-state index in [0.717, 1.165) is 29.3 Å². The Balaban J connectivity index is 1.48. The van der Waals surface area contributed by atoms with Gasteiger partial charge in [0.25, 0.3) is 0 Å². The second-order valence-corrected chi connectivity index (χ2v) is 8.60. The number of nitrogens with one attached hydrogen (secondary N) is 3. The SMILES string of the molecule is C[C@H](NC(=O)Cc1cc(F)cc(F)c1)C(=O)N[C@@H]1C(=O)Nc2ccccc2C[C@@H]1c1ccccc1. The molecule has 3 N–H and O–H groups in total. The van der Waals surface area contributed by atoms with E-state index in [0.29, 0.717) is 12.1 Å². The number of amides is 3. The quantitative estimate of drug-likeness (QED) is 0.508. The minimum absolute atomic E-state index is 0.151. The standard InChI is InChI=1S/C27H25F2N3O3/c1-16(30-24(33)13-17-11-20(28)15-21(29)12-17)26(34)32-25-22(18-7-3-2-4-8-18)14-19-9-5-6-10-23(19)31-27(25)35/h2-12,15-16,22,25H,13-14H2,1H3,(H,30,33)(H,31,35)(H,32,34)/t16-,22+,25-/m0/s1. The van der Waals surface area contributed by atoms with E-state index in [-0.39, 0.29) is 23.8 Å². The van der Waals surface area contributed by atoms with Gasteiger partial charge in [0.05, 0.1) is 6.42 Å². The predicted octanol–water partition coefficient (Wildman–Crippen LogP) is 3.48. The molecule has 0 aromatic heterocycles. The average molecular weight is 478 g/mol. The van der Waals surface area contributed by atoms with Gasteiger partial charge in [-0.15, -0.1) is 0 Å². The summed E-state index contributed by atoms with van der Waals surface area (Å²) in [5.41, 5.74) is 2.70. The molecule has 3 atom stereocenters. The smallest absolute Gasteiger partial charge is 0.247 e. The number of hydrogen-bond donors (Lipinski definition) is 3. The number of benzene rings is 3. The summed E-state index contributed by atoms with van der Waals surface area (Å²) < 4.78 is 26.8. The number of carbonyl (C=O) groups excluding carboxylic acids is 3. The van der Waals surface area contributed by atoms with Gasteiger partial charge in [0.15, 0.2) is 0 Å². The molecule has 4 rings (SSSR count). The van der Waals surface area contributed by atoms with Gasteiger partial charge in [-0.3, -0.25) is 14.4 Å². The van der Waals surface area contributed by atoms with E-state index >= 15 is 0 Å². The third kappa shape index (κ3) is 5.90. The molecule has 1 aliphatic heterocycles. The maximum atomic E-state index is 13.4. The van der Waals surface area contributed by atoms with Crippen molar-refractivity contribution in [2.75, 3.05) is 5.32 Å². The average Bonchev–Trinajstić information content (AvgIpc) is 2.95. The third-order valence-electron chi connectivity index (χ3n) is 5.98. The van der Waals surface area contributed by atoms with Crippen LogP contribution >= 0.6 is 0 Å². The van der Waals surface area contributed by atoms with Crippen molar-refractivity contribution >= 4 is 23.4 Å². The minimum Gasteiger partial charge on any atom is -0.344 e. The van der Waals surface area contributed by atoms with Gasteiger partial charge in [0, 0.05) is 17.7 Å². The molecule has 0 saturated heterocycles. The molecule has 3 amide bonds. The summed E-state index contributed by atoms with van der Waals surface area (Å²) >= 11 is 0. The van der Waals surface area contributed by atoms with Crippen molar-refractivity contribution in [3.8, 4) is 0 Å². The maximum absolute atomic E-state index is 13.4. The summed E-state index contributed by atoms with van der Waals surface area (Å²) in [6.07, 6.45) is 0.230. The Morgan fingerprint density at radius 2 is 1.66 bits per heavy atom. The Bertz CT molecular complexity index is 1230. The van der Waals surface area contributed by atoms with Crippen LogP contribution in [0, 0.1) is 11.6 Å². The first-order chi connectivity index (χ1) is 16.8. The van der Waals surface area contributed by atoms with E-state index in [1.54, 1.807) is 0 Å². The van der Waals surface area contributed by atoms with Crippen molar-refractivity contribution in [3.05, 3.63) is 101 Å². The Morgan fingerprint density at radius 1 is 1.00 bits per heavy atom. The molecule has 0 fully saturated rings. The molecule has 3 aromatic carbocycles. The molecule has 0 unspecified atom stereocenters. The van der Waals surface area contributed by atoms with Crippen LogP contribution in [0.15, 0.2) is 72.8 Å². The fourth-order valence-corrected chi connectivity index (χ4v) is 4.28. The lowest BCUT2D eigenvalue weighted by Gasteiger charge is -2.26. The topological polar surface area (TPSA) is 87.3 Å². The van der Waals surface area contributed by atoms with Gasteiger partial charge in [-0.2, -0.15) is 0 Å². The number of para-hydroxylation sites is 1. The van der Waals surface area contributed by atoms with Crippen LogP contribution in [0.2, 0.25) is 0 Å². The monoisotopic (exact) mass is 477 g/mol. The number of anilines is 1. The van der Waals surface area contributed by atoms with Crippen LogP contribution in [0.4, 0.5) is 14.5 Å². The zero-order valence-electron chi connectivity index (χ0n) is 19.1. The van der Waals surface area contributed by atoms with Gasteiger partial charge >= 0.3 is 0 Å².